The van der Waals surface area contributed by atoms with Crippen LogP contribution in [0.1, 0.15) is 29.5 Å². The molecule has 2 aromatic carbocycles. The Morgan fingerprint density at radius 1 is 1.04 bits per heavy atom. The smallest absolute Gasteiger partial charge is 0.191 e. The number of nitrogens with one attached hydrogen (secondary N) is 2. The third-order valence-corrected chi connectivity index (χ3v) is 4.04. The Morgan fingerprint density at radius 3 is 2.52 bits per heavy atom. The van der Waals surface area contributed by atoms with Crippen molar-refractivity contribution >= 4 is 29.9 Å². The number of ether oxygens (including phenoxy) is 1. The number of unbranched alkanes of at least 4 members (excludes halogenated alkanes) is 1. The zero-order valence-corrected chi connectivity index (χ0v) is 18.3. The standard InChI is InChI=1S/C21H28FN3O.HI/c1-17-10-11-19(14-20(17)22)15-25-21(23-2)24-12-6-7-13-26-16-18-8-4-3-5-9-18;/h3-5,8-11,14H,6-7,12-13,15-16H2,1-2H3,(H2,23,24,25);1H. The number of benzene rings is 2. The first-order chi connectivity index (χ1) is 12.7. The molecule has 0 spiro atoms. The molecule has 0 radical (unpaired) electrons. The van der Waals surface area contributed by atoms with E-state index in [-0.39, 0.29) is 29.8 Å². The Kier molecular flexibility index (Phi) is 11.7. The highest BCUT2D eigenvalue weighted by Crippen LogP contribution is 2.08. The Hall–Kier alpha value is -1.67. The molecule has 6 heteroatoms. The van der Waals surface area contributed by atoms with E-state index in [0.717, 1.165) is 37.5 Å². The predicted octanol–water partition coefficient (Wildman–Crippen LogP) is 4.41. The van der Waals surface area contributed by atoms with Crippen LogP contribution in [-0.2, 0) is 17.9 Å². The zero-order valence-electron chi connectivity index (χ0n) is 16.0. The number of hydrogen-bond donors (Lipinski definition) is 2. The minimum atomic E-state index is -0.178. The third-order valence-electron chi connectivity index (χ3n) is 4.04. The summed E-state index contributed by atoms with van der Waals surface area (Å²) >= 11 is 0. The molecule has 0 saturated heterocycles. The second kappa shape index (κ2) is 13.5. The second-order valence-corrected chi connectivity index (χ2v) is 6.18. The first-order valence-corrected chi connectivity index (χ1v) is 9.00. The van der Waals surface area contributed by atoms with E-state index in [2.05, 4.69) is 27.8 Å². The van der Waals surface area contributed by atoms with Gasteiger partial charge in [-0.3, -0.25) is 4.99 Å². The topological polar surface area (TPSA) is 45.7 Å². The number of aliphatic imine (C=N–C) groups is 1. The van der Waals surface area contributed by atoms with E-state index >= 15 is 0 Å². The number of nitrogens with zero attached hydrogens (tertiary/aromatic N) is 1. The Labute approximate surface area is 178 Å². The summed E-state index contributed by atoms with van der Waals surface area (Å²) in [5.41, 5.74) is 2.75. The van der Waals surface area contributed by atoms with E-state index in [1.165, 1.54) is 5.56 Å². The molecule has 148 valence electrons. The molecule has 0 aromatic heterocycles. The fourth-order valence-electron chi connectivity index (χ4n) is 2.45. The monoisotopic (exact) mass is 485 g/mol. The fraction of sp³-hybridized carbons (Fsp3) is 0.381. The summed E-state index contributed by atoms with van der Waals surface area (Å²) in [6, 6.07) is 15.4. The molecule has 0 aliphatic heterocycles. The molecule has 2 aromatic rings. The highest BCUT2D eigenvalue weighted by molar-refractivity contribution is 14.0. The van der Waals surface area contributed by atoms with Crippen molar-refractivity contribution in [2.75, 3.05) is 20.2 Å². The average Bonchev–Trinajstić information content (AvgIpc) is 2.67. The van der Waals surface area contributed by atoms with Gasteiger partial charge in [0.15, 0.2) is 5.96 Å². The molecule has 0 heterocycles. The number of aryl methyl sites for hydroxylation is 1. The van der Waals surface area contributed by atoms with Crippen LogP contribution in [-0.4, -0.2) is 26.2 Å². The molecular weight excluding hydrogens is 456 g/mol. The minimum Gasteiger partial charge on any atom is -0.377 e. The Morgan fingerprint density at radius 2 is 1.81 bits per heavy atom. The van der Waals surface area contributed by atoms with Crippen molar-refractivity contribution in [3.63, 3.8) is 0 Å². The molecule has 0 aliphatic carbocycles. The summed E-state index contributed by atoms with van der Waals surface area (Å²) in [5, 5.41) is 6.46. The van der Waals surface area contributed by atoms with Gasteiger partial charge in [0.25, 0.3) is 0 Å². The first-order valence-electron chi connectivity index (χ1n) is 9.00. The van der Waals surface area contributed by atoms with Crippen molar-refractivity contribution in [3.8, 4) is 0 Å². The fourth-order valence-corrected chi connectivity index (χ4v) is 2.45. The maximum Gasteiger partial charge on any atom is 0.191 e. The van der Waals surface area contributed by atoms with E-state index in [1.54, 1.807) is 26.1 Å². The van der Waals surface area contributed by atoms with Gasteiger partial charge in [-0.1, -0.05) is 42.5 Å². The lowest BCUT2D eigenvalue weighted by atomic mass is 10.1. The lowest BCUT2D eigenvalue weighted by Crippen LogP contribution is -2.37. The maximum atomic E-state index is 13.6. The van der Waals surface area contributed by atoms with E-state index < -0.39 is 0 Å². The molecule has 2 N–H and O–H groups in total. The van der Waals surface area contributed by atoms with Crippen LogP contribution < -0.4 is 10.6 Å². The summed E-state index contributed by atoms with van der Waals surface area (Å²) < 4.78 is 19.2. The lowest BCUT2D eigenvalue weighted by Gasteiger charge is -2.12. The number of hydrogen-bond acceptors (Lipinski definition) is 2. The molecule has 0 atom stereocenters. The van der Waals surface area contributed by atoms with Gasteiger partial charge in [-0.05, 0) is 42.5 Å². The Bertz CT molecular complexity index is 695. The molecular formula is C21H29FIN3O. The van der Waals surface area contributed by atoms with Gasteiger partial charge in [0.2, 0.25) is 0 Å². The predicted molar refractivity (Wildman–Crippen MR) is 120 cm³/mol. The van der Waals surface area contributed by atoms with E-state index in [9.17, 15) is 4.39 Å². The summed E-state index contributed by atoms with van der Waals surface area (Å²) in [6.07, 6.45) is 1.98. The van der Waals surface area contributed by atoms with Crippen LogP contribution in [0.4, 0.5) is 4.39 Å². The minimum absolute atomic E-state index is 0. The molecule has 0 aliphatic rings. The lowest BCUT2D eigenvalue weighted by molar-refractivity contribution is 0.117. The van der Waals surface area contributed by atoms with Gasteiger partial charge in [0.05, 0.1) is 6.61 Å². The van der Waals surface area contributed by atoms with Gasteiger partial charge in [-0.25, -0.2) is 4.39 Å². The van der Waals surface area contributed by atoms with Crippen molar-refractivity contribution in [3.05, 3.63) is 71.0 Å². The van der Waals surface area contributed by atoms with Gasteiger partial charge < -0.3 is 15.4 Å². The van der Waals surface area contributed by atoms with Gasteiger partial charge in [0.1, 0.15) is 5.82 Å². The SMILES string of the molecule is CN=C(NCCCCOCc1ccccc1)NCc1ccc(C)c(F)c1.I. The number of rotatable bonds is 9. The van der Waals surface area contributed by atoms with Crippen LogP contribution in [0.5, 0.6) is 0 Å². The van der Waals surface area contributed by atoms with Crippen molar-refractivity contribution in [2.24, 2.45) is 4.99 Å². The Balaban J connectivity index is 0.00000364. The highest BCUT2D eigenvalue weighted by Gasteiger charge is 2.01. The van der Waals surface area contributed by atoms with Crippen LogP contribution in [0, 0.1) is 12.7 Å². The largest absolute Gasteiger partial charge is 0.377 e. The van der Waals surface area contributed by atoms with E-state index in [4.69, 9.17) is 4.74 Å². The van der Waals surface area contributed by atoms with Gasteiger partial charge in [0, 0.05) is 26.7 Å². The quantitative estimate of drug-likeness (QED) is 0.239. The first kappa shape index (κ1) is 23.4. The molecule has 0 saturated carbocycles. The molecule has 4 nitrogen and oxygen atoms in total. The van der Waals surface area contributed by atoms with Crippen molar-refractivity contribution in [2.45, 2.75) is 32.9 Å². The van der Waals surface area contributed by atoms with Crippen molar-refractivity contribution < 1.29 is 9.13 Å². The normalized spacial score (nSPS) is 11.0. The molecule has 0 unspecified atom stereocenters. The molecule has 0 bridgehead atoms. The van der Waals surface area contributed by atoms with Crippen LogP contribution in [0.2, 0.25) is 0 Å². The van der Waals surface area contributed by atoms with Gasteiger partial charge >= 0.3 is 0 Å². The molecule has 0 fully saturated rings. The maximum absolute atomic E-state index is 13.6. The third kappa shape index (κ3) is 9.19. The summed E-state index contributed by atoms with van der Waals surface area (Å²) in [7, 11) is 1.73. The van der Waals surface area contributed by atoms with E-state index in [1.807, 2.05) is 24.3 Å². The summed E-state index contributed by atoms with van der Waals surface area (Å²) in [4.78, 5) is 4.19. The van der Waals surface area contributed by atoms with Crippen molar-refractivity contribution in [1.29, 1.82) is 0 Å². The highest BCUT2D eigenvalue weighted by atomic mass is 127. The van der Waals surface area contributed by atoms with Crippen LogP contribution in [0.25, 0.3) is 0 Å². The van der Waals surface area contributed by atoms with Crippen molar-refractivity contribution in [1.82, 2.24) is 10.6 Å². The summed E-state index contributed by atoms with van der Waals surface area (Å²) in [5.74, 6) is 0.541. The van der Waals surface area contributed by atoms with Crippen LogP contribution in [0.3, 0.4) is 0 Å². The van der Waals surface area contributed by atoms with Crippen LogP contribution in [0.15, 0.2) is 53.5 Å². The molecule has 0 amide bonds. The zero-order chi connectivity index (χ0) is 18.6. The molecule has 27 heavy (non-hydrogen) atoms. The average molecular weight is 485 g/mol. The second-order valence-electron chi connectivity index (χ2n) is 6.18. The van der Waals surface area contributed by atoms with Gasteiger partial charge in [-0.15, -0.1) is 24.0 Å². The number of guanidine groups is 1. The number of halogens is 2. The molecule has 2 rings (SSSR count). The summed E-state index contributed by atoms with van der Waals surface area (Å²) in [6.45, 7) is 4.51. The van der Waals surface area contributed by atoms with Gasteiger partial charge in [-0.2, -0.15) is 0 Å². The van der Waals surface area contributed by atoms with Crippen LogP contribution >= 0.6 is 24.0 Å². The van der Waals surface area contributed by atoms with E-state index in [0.29, 0.717) is 18.7 Å².